The average Bonchev–Trinajstić information content (AvgIpc) is 3.03. The van der Waals surface area contributed by atoms with Gasteiger partial charge in [-0.3, -0.25) is 0 Å². The summed E-state index contributed by atoms with van der Waals surface area (Å²) in [5, 5.41) is 6.07. The van der Waals surface area contributed by atoms with Gasteiger partial charge in [0.2, 0.25) is 0 Å². The van der Waals surface area contributed by atoms with Crippen molar-refractivity contribution in [2.75, 3.05) is 0 Å². The molecule has 0 saturated heterocycles. The first-order valence-corrected chi connectivity index (χ1v) is 12.4. The zero-order valence-electron chi connectivity index (χ0n) is 15.1. The maximum Gasteiger partial charge on any atom is 0.113 e. The van der Waals surface area contributed by atoms with Gasteiger partial charge in [-0.1, -0.05) is 79.8 Å². The highest BCUT2D eigenvalue weighted by Crippen LogP contribution is 2.41. The third-order valence-corrected chi connectivity index (χ3v) is 10.00. The fourth-order valence-corrected chi connectivity index (χ4v) is 8.28. The Hall–Kier alpha value is -2.64. The predicted octanol–water partition coefficient (Wildman–Crippen LogP) is 5.21. The third-order valence-electron chi connectivity index (χ3n) is 6.47. The molecule has 0 aromatic heterocycles. The van der Waals surface area contributed by atoms with Gasteiger partial charge in [-0.05, 0) is 67.0 Å². The van der Waals surface area contributed by atoms with Gasteiger partial charge in [-0.2, -0.15) is 0 Å². The maximum atomic E-state index is 2.55. The lowest BCUT2D eigenvalue weighted by molar-refractivity contribution is 1.27. The van der Waals surface area contributed by atoms with Gasteiger partial charge < -0.3 is 0 Å². The number of hydrogen-bond acceptors (Lipinski definition) is 0. The maximum absolute atomic E-state index is 2.55. The molecule has 1 aliphatic carbocycles. The Kier molecular flexibility index (Phi) is 2.65. The summed E-state index contributed by atoms with van der Waals surface area (Å²) < 4.78 is 0. The first-order chi connectivity index (χ1) is 12.6. The van der Waals surface area contributed by atoms with Crippen LogP contribution in [0.25, 0.3) is 33.0 Å². The second-order valence-corrected chi connectivity index (χ2v) is 12.6. The smallest absolute Gasteiger partial charge is 0.0619 e. The minimum atomic E-state index is -1.71. The molecule has 0 unspecified atom stereocenters. The summed E-state index contributed by atoms with van der Waals surface area (Å²) in [4.78, 5) is 0. The van der Waals surface area contributed by atoms with Crippen molar-refractivity contribution < 1.29 is 0 Å². The Bertz CT molecular complexity index is 1230. The van der Waals surface area contributed by atoms with Gasteiger partial charge >= 0.3 is 0 Å². The van der Waals surface area contributed by atoms with Crippen LogP contribution in [0.2, 0.25) is 13.1 Å². The van der Waals surface area contributed by atoms with Crippen LogP contribution in [0, 0.1) is 0 Å². The highest BCUT2D eigenvalue weighted by molar-refractivity contribution is 7.03. The van der Waals surface area contributed by atoms with Gasteiger partial charge in [-0.25, -0.2) is 0 Å². The predicted molar refractivity (Wildman–Crippen MR) is 114 cm³/mol. The van der Waals surface area contributed by atoms with Crippen LogP contribution in [0.5, 0.6) is 0 Å². The van der Waals surface area contributed by atoms with E-state index in [0.29, 0.717) is 0 Å². The monoisotopic (exact) mass is 348 g/mol. The molecule has 4 aromatic rings. The second kappa shape index (κ2) is 4.75. The second-order valence-electron chi connectivity index (χ2n) is 8.22. The summed E-state index contributed by atoms with van der Waals surface area (Å²) in [6, 6.07) is 27.6. The number of hydrogen-bond donors (Lipinski definition) is 0. The molecule has 1 heterocycles. The summed E-state index contributed by atoms with van der Waals surface area (Å²) in [6.07, 6.45) is 1.08. The normalized spacial score (nSPS) is 15.5. The fraction of sp³-hybridized carbons (Fsp3) is 0.120. The molecule has 1 heteroatoms. The van der Waals surface area contributed by atoms with Crippen molar-refractivity contribution in [1.29, 1.82) is 0 Å². The molecule has 0 nitrogen and oxygen atoms in total. The van der Waals surface area contributed by atoms with E-state index in [4.69, 9.17) is 0 Å². The van der Waals surface area contributed by atoms with E-state index in [1.807, 2.05) is 0 Å². The van der Waals surface area contributed by atoms with Crippen LogP contribution in [-0.2, 0) is 6.42 Å². The molecule has 0 radical (unpaired) electrons. The molecule has 0 amide bonds. The Balaban J connectivity index is 1.75. The molecule has 0 fully saturated rings. The first kappa shape index (κ1) is 14.5. The minimum absolute atomic E-state index is 1.08. The molecule has 0 N–H and O–H groups in total. The third kappa shape index (κ3) is 1.69. The van der Waals surface area contributed by atoms with Crippen molar-refractivity contribution in [2.24, 2.45) is 0 Å². The zero-order chi connectivity index (χ0) is 17.5. The standard InChI is InChI=1S/C25H20Si/c1-26(2)23-12-6-9-16-8-5-11-20(25(16)23)22-15-21-18(14-24(22)26)13-17-7-3-4-10-19(17)21/h3-12,14-15H,13H2,1-2H3. The molecule has 0 atom stereocenters. The van der Waals surface area contributed by atoms with Crippen LogP contribution >= 0.6 is 0 Å². The van der Waals surface area contributed by atoms with Crippen molar-refractivity contribution in [3.63, 3.8) is 0 Å². The van der Waals surface area contributed by atoms with Crippen LogP contribution in [0.3, 0.4) is 0 Å². The van der Waals surface area contributed by atoms with E-state index in [-0.39, 0.29) is 0 Å². The average molecular weight is 349 g/mol. The van der Waals surface area contributed by atoms with Gasteiger partial charge in [0.1, 0.15) is 8.07 Å². The topological polar surface area (TPSA) is 0 Å². The highest BCUT2D eigenvalue weighted by Gasteiger charge is 2.36. The molecule has 26 heavy (non-hydrogen) atoms. The quantitative estimate of drug-likeness (QED) is 0.337. The molecular weight excluding hydrogens is 328 g/mol. The van der Waals surface area contributed by atoms with Gasteiger partial charge in [0, 0.05) is 0 Å². The molecule has 1 aliphatic heterocycles. The largest absolute Gasteiger partial charge is 0.113 e. The fourth-order valence-electron chi connectivity index (χ4n) is 5.16. The van der Waals surface area contributed by atoms with Crippen LogP contribution < -0.4 is 10.4 Å². The summed E-state index contributed by atoms with van der Waals surface area (Å²) >= 11 is 0. The lowest BCUT2D eigenvalue weighted by Crippen LogP contribution is -2.56. The van der Waals surface area contributed by atoms with Gasteiger partial charge in [-0.15, -0.1) is 0 Å². The Morgan fingerprint density at radius 2 is 1.38 bits per heavy atom. The van der Waals surface area contributed by atoms with Gasteiger partial charge in [0.15, 0.2) is 0 Å². The van der Waals surface area contributed by atoms with Crippen molar-refractivity contribution >= 4 is 29.2 Å². The molecule has 124 valence electrons. The minimum Gasteiger partial charge on any atom is -0.0619 e. The van der Waals surface area contributed by atoms with E-state index >= 15 is 0 Å². The molecule has 4 aromatic carbocycles. The number of benzene rings is 4. The molecular formula is C25H20Si. The SMILES string of the molecule is C[Si]1(C)c2cc3c(cc2-c2cccc4cccc1c24)-c1ccccc1C3. The summed E-state index contributed by atoms with van der Waals surface area (Å²) in [6.45, 7) is 5.04. The van der Waals surface area contributed by atoms with Crippen LogP contribution in [0.15, 0.2) is 72.8 Å². The van der Waals surface area contributed by atoms with Crippen LogP contribution in [-0.4, -0.2) is 8.07 Å². The van der Waals surface area contributed by atoms with E-state index in [9.17, 15) is 0 Å². The van der Waals surface area contributed by atoms with Gasteiger partial charge in [0.25, 0.3) is 0 Å². The Morgan fingerprint density at radius 3 is 2.27 bits per heavy atom. The summed E-state index contributed by atoms with van der Waals surface area (Å²) in [5.74, 6) is 0. The van der Waals surface area contributed by atoms with Gasteiger partial charge in [0.05, 0.1) is 0 Å². The summed E-state index contributed by atoms with van der Waals surface area (Å²) in [7, 11) is -1.71. The van der Waals surface area contributed by atoms with E-state index in [1.165, 1.54) is 44.2 Å². The van der Waals surface area contributed by atoms with Crippen LogP contribution in [0.4, 0.5) is 0 Å². The molecule has 6 rings (SSSR count). The van der Waals surface area contributed by atoms with E-state index in [0.717, 1.165) is 6.42 Å². The lowest BCUT2D eigenvalue weighted by Gasteiger charge is -2.34. The highest BCUT2D eigenvalue weighted by atomic mass is 28.3. The van der Waals surface area contributed by atoms with E-state index in [1.54, 1.807) is 10.4 Å². The van der Waals surface area contributed by atoms with Crippen molar-refractivity contribution in [1.82, 2.24) is 0 Å². The van der Waals surface area contributed by atoms with Crippen molar-refractivity contribution in [3.05, 3.63) is 83.9 Å². The zero-order valence-corrected chi connectivity index (χ0v) is 16.1. The van der Waals surface area contributed by atoms with Crippen molar-refractivity contribution in [3.8, 4) is 22.3 Å². The Morgan fingerprint density at radius 1 is 0.615 bits per heavy atom. The molecule has 2 aliphatic rings. The van der Waals surface area contributed by atoms with E-state index in [2.05, 4.69) is 85.9 Å². The summed E-state index contributed by atoms with van der Waals surface area (Å²) in [5.41, 5.74) is 8.75. The van der Waals surface area contributed by atoms with E-state index < -0.39 is 8.07 Å². The Labute approximate surface area is 155 Å². The molecule has 0 spiro atoms. The van der Waals surface area contributed by atoms with Crippen molar-refractivity contribution in [2.45, 2.75) is 19.5 Å². The number of rotatable bonds is 0. The van der Waals surface area contributed by atoms with Crippen LogP contribution in [0.1, 0.15) is 11.1 Å². The molecule has 0 saturated carbocycles. The molecule has 0 bridgehead atoms. The number of fused-ring (bicyclic) bond motifs is 5. The lowest BCUT2D eigenvalue weighted by atomic mass is 9.94. The first-order valence-electron chi connectivity index (χ1n) is 9.43.